The highest BCUT2D eigenvalue weighted by Gasteiger charge is 2.36. The van der Waals surface area contributed by atoms with Crippen LogP contribution in [0.15, 0.2) is 0 Å². The predicted molar refractivity (Wildman–Crippen MR) is 105 cm³/mol. The van der Waals surface area contributed by atoms with Crippen molar-refractivity contribution in [3.63, 3.8) is 0 Å². The van der Waals surface area contributed by atoms with Gasteiger partial charge in [0.1, 0.15) is 6.10 Å². The minimum Gasteiger partial charge on any atom is -0.462 e. The minimum atomic E-state index is -0.494. The second-order valence-corrected chi connectivity index (χ2v) is 7.93. The zero-order chi connectivity index (χ0) is 18.3. The van der Waals surface area contributed by atoms with Gasteiger partial charge in [-0.1, -0.05) is 90.9 Å². The Balaban J connectivity index is 2.06. The summed E-state index contributed by atoms with van der Waals surface area (Å²) in [6, 6.07) is 0. The number of hydrogen-bond donors (Lipinski definition) is 1. The maximum Gasteiger partial charge on any atom is 0.311 e. The average molecular weight is 355 g/mol. The van der Waals surface area contributed by atoms with E-state index >= 15 is 0 Å². The normalized spacial score (nSPS) is 23.6. The molecule has 1 N–H and O–H groups in total. The molecule has 3 heteroatoms. The van der Waals surface area contributed by atoms with Gasteiger partial charge in [0.2, 0.25) is 0 Å². The molecule has 1 aliphatic heterocycles. The number of aliphatic hydroxyl groups excluding tert-OH is 1. The van der Waals surface area contributed by atoms with E-state index in [1.54, 1.807) is 0 Å². The molecule has 0 aromatic rings. The Morgan fingerprint density at radius 1 is 0.800 bits per heavy atom. The second kappa shape index (κ2) is 14.6. The molecule has 0 radical (unpaired) electrons. The van der Waals surface area contributed by atoms with E-state index in [1.165, 1.54) is 64.2 Å². The van der Waals surface area contributed by atoms with Crippen LogP contribution in [0, 0.1) is 5.92 Å². The van der Waals surface area contributed by atoms with Crippen molar-refractivity contribution in [1.29, 1.82) is 0 Å². The van der Waals surface area contributed by atoms with Crippen LogP contribution in [0.4, 0.5) is 0 Å². The Bertz CT molecular complexity index is 329. The number of carbonyl (C=O) groups is 1. The van der Waals surface area contributed by atoms with Gasteiger partial charge in [-0.05, 0) is 19.3 Å². The quantitative estimate of drug-likeness (QED) is 0.282. The Labute approximate surface area is 155 Å². The van der Waals surface area contributed by atoms with Crippen LogP contribution in [0.1, 0.15) is 117 Å². The first-order valence-corrected chi connectivity index (χ1v) is 11.1. The van der Waals surface area contributed by atoms with Crippen molar-refractivity contribution in [2.24, 2.45) is 5.92 Å². The van der Waals surface area contributed by atoms with Crippen LogP contribution in [0.25, 0.3) is 0 Å². The molecule has 1 rings (SSSR count). The van der Waals surface area contributed by atoms with Gasteiger partial charge >= 0.3 is 5.97 Å². The number of hydrogen-bond acceptors (Lipinski definition) is 3. The lowest BCUT2D eigenvalue weighted by atomic mass is 9.88. The van der Waals surface area contributed by atoms with Crippen molar-refractivity contribution in [3.8, 4) is 0 Å². The molecule has 1 aliphatic rings. The highest BCUT2D eigenvalue weighted by molar-refractivity contribution is 5.74. The summed E-state index contributed by atoms with van der Waals surface area (Å²) in [5.41, 5.74) is 0. The van der Waals surface area contributed by atoms with Crippen LogP contribution in [0.2, 0.25) is 0 Å². The number of carbonyl (C=O) groups excluding carboxylic acids is 1. The first-order valence-electron chi connectivity index (χ1n) is 11.1. The topological polar surface area (TPSA) is 46.5 Å². The molecular formula is C22H42O3. The zero-order valence-corrected chi connectivity index (χ0v) is 16.8. The van der Waals surface area contributed by atoms with Gasteiger partial charge < -0.3 is 9.84 Å². The second-order valence-electron chi connectivity index (χ2n) is 7.93. The van der Waals surface area contributed by atoms with Crippen LogP contribution >= 0.6 is 0 Å². The summed E-state index contributed by atoms with van der Waals surface area (Å²) in [6.45, 7) is 4.43. The maximum absolute atomic E-state index is 12.2. The standard InChI is InChI=1S/C22H42O3/c1-3-5-7-9-10-11-12-13-14-16-19-18-21(23)20(22(24)25-19)17-15-8-6-4-2/h19-21,23H,3-18H2,1-2H3/t19?,20-,21?/m1/s1. The average Bonchev–Trinajstić information content (AvgIpc) is 2.59. The SMILES string of the molecule is CCCCCCCCCCCC1CC(O)[C@@H](CCCCCC)C(=O)O1. The molecule has 1 saturated heterocycles. The predicted octanol–water partition coefficient (Wildman–Crippen LogP) is 6.17. The Hall–Kier alpha value is -0.570. The number of cyclic esters (lactones) is 1. The Morgan fingerprint density at radius 3 is 1.84 bits per heavy atom. The van der Waals surface area contributed by atoms with E-state index in [4.69, 9.17) is 4.74 Å². The lowest BCUT2D eigenvalue weighted by molar-refractivity contribution is -0.170. The number of esters is 1. The molecule has 0 amide bonds. The van der Waals surface area contributed by atoms with Crippen molar-refractivity contribution in [2.45, 2.75) is 129 Å². The van der Waals surface area contributed by atoms with Crippen molar-refractivity contribution in [1.82, 2.24) is 0 Å². The molecule has 0 aliphatic carbocycles. The monoisotopic (exact) mass is 354 g/mol. The van der Waals surface area contributed by atoms with Gasteiger partial charge in [-0.25, -0.2) is 0 Å². The van der Waals surface area contributed by atoms with E-state index in [0.717, 1.165) is 32.1 Å². The maximum atomic E-state index is 12.2. The lowest BCUT2D eigenvalue weighted by Gasteiger charge is -2.32. The third-order valence-electron chi connectivity index (χ3n) is 5.55. The molecule has 148 valence electrons. The molecule has 0 saturated carbocycles. The first kappa shape index (κ1) is 22.5. The molecule has 2 unspecified atom stereocenters. The molecule has 1 fully saturated rings. The molecule has 25 heavy (non-hydrogen) atoms. The smallest absolute Gasteiger partial charge is 0.311 e. The van der Waals surface area contributed by atoms with Crippen LogP contribution in [-0.2, 0) is 9.53 Å². The molecule has 3 atom stereocenters. The van der Waals surface area contributed by atoms with Crippen LogP contribution in [0.3, 0.4) is 0 Å². The van der Waals surface area contributed by atoms with E-state index in [0.29, 0.717) is 6.42 Å². The van der Waals surface area contributed by atoms with Crippen molar-refractivity contribution in [2.75, 3.05) is 0 Å². The summed E-state index contributed by atoms with van der Waals surface area (Å²) >= 11 is 0. The summed E-state index contributed by atoms with van der Waals surface area (Å²) in [5, 5.41) is 10.3. The lowest BCUT2D eigenvalue weighted by Crippen LogP contribution is -2.41. The molecular weight excluding hydrogens is 312 g/mol. The summed E-state index contributed by atoms with van der Waals surface area (Å²) in [6.07, 6.45) is 18.1. The Kier molecular flexibility index (Phi) is 13.1. The van der Waals surface area contributed by atoms with Crippen LogP contribution in [-0.4, -0.2) is 23.3 Å². The molecule has 1 heterocycles. The Morgan fingerprint density at radius 2 is 1.28 bits per heavy atom. The van der Waals surface area contributed by atoms with Gasteiger partial charge in [0.25, 0.3) is 0 Å². The molecule has 0 bridgehead atoms. The zero-order valence-electron chi connectivity index (χ0n) is 16.8. The number of aliphatic hydroxyl groups is 1. The third kappa shape index (κ3) is 10.2. The molecule has 0 spiro atoms. The van der Waals surface area contributed by atoms with Crippen molar-refractivity contribution < 1.29 is 14.6 Å². The summed E-state index contributed by atoms with van der Waals surface area (Å²) in [4.78, 5) is 12.2. The van der Waals surface area contributed by atoms with Crippen LogP contribution in [0.5, 0.6) is 0 Å². The highest BCUT2D eigenvalue weighted by atomic mass is 16.5. The third-order valence-corrected chi connectivity index (χ3v) is 5.55. The van der Waals surface area contributed by atoms with Gasteiger partial charge in [-0.2, -0.15) is 0 Å². The number of unbranched alkanes of at least 4 members (excludes halogenated alkanes) is 11. The highest BCUT2D eigenvalue weighted by Crippen LogP contribution is 2.28. The molecule has 3 nitrogen and oxygen atoms in total. The fourth-order valence-electron chi connectivity index (χ4n) is 3.85. The molecule has 0 aromatic heterocycles. The molecule has 0 aromatic carbocycles. The van der Waals surface area contributed by atoms with Crippen LogP contribution < -0.4 is 0 Å². The van der Waals surface area contributed by atoms with Gasteiger partial charge in [0, 0.05) is 6.42 Å². The van der Waals surface area contributed by atoms with E-state index < -0.39 is 6.10 Å². The van der Waals surface area contributed by atoms with Gasteiger partial charge in [0.15, 0.2) is 0 Å². The first-order chi connectivity index (χ1) is 12.2. The largest absolute Gasteiger partial charge is 0.462 e. The summed E-state index contributed by atoms with van der Waals surface area (Å²) in [7, 11) is 0. The van der Waals surface area contributed by atoms with Gasteiger partial charge in [0.05, 0.1) is 12.0 Å². The van der Waals surface area contributed by atoms with E-state index in [1.807, 2.05) is 0 Å². The fourth-order valence-corrected chi connectivity index (χ4v) is 3.85. The van der Waals surface area contributed by atoms with Crippen molar-refractivity contribution in [3.05, 3.63) is 0 Å². The van der Waals surface area contributed by atoms with E-state index in [-0.39, 0.29) is 18.0 Å². The van der Waals surface area contributed by atoms with Crippen molar-refractivity contribution >= 4 is 5.97 Å². The summed E-state index contributed by atoms with van der Waals surface area (Å²) in [5.74, 6) is -0.438. The van der Waals surface area contributed by atoms with Gasteiger partial charge in [-0.15, -0.1) is 0 Å². The number of rotatable bonds is 15. The summed E-state index contributed by atoms with van der Waals surface area (Å²) < 4.78 is 5.60. The minimum absolute atomic E-state index is 0.0565. The van der Waals surface area contributed by atoms with Gasteiger partial charge in [-0.3, -0.25) is 4.79 Å². The van der Waals surface area contributed by atoms with E-state index in [9.17, 15) is 9.90 Å². The van der Waals surface area contributed by atoms with E-state index in [2.05, 4.69) is 13.8 Å². The number of ether oxygens (including phenoxy) is 1. The fraction of sp³-hybridized carbons (Fsp3) is 0.955.